The Morgan fingerprint density at radius 1 is 0.967 bits per heavy atom. The third-order valence-corrected chi connectivity index (χ3v) is 3.79. The number of Topliss-reactive ketones (excluding diaryl/α,β-unsaturated/α-hetero) is 1. The molecule has 1 amide bonds. The predicted octanol–water partition coefficient (Wildman–Crippen LogP) is 4.09. The number of benzene rings is 2. The minimum Gasteiger partial charge on any atom is -0.497 e. The van der Waals surface area contributed by atoms with Crippen LogP contribution in [0.5, 0.6) is 11.5 Å². The molecular formula is C22H25NO7. The quantitative estimate of drug-likeness (QED) is 0.537. The first kappa shape index (κ1) is 22.7. The summed E-state index contributed by atoms with van der Waals surface area (Å²) in [4.78, 5) is 36.6. The zero-order chi connectivity index (χ0) is 22.3. The van der Waals surface area contributed by atoms with E-state index in [1.165, 1.54) is 26.4 Å². The van der Waals surface area contributed by atoms with Crippen LogP contribution in [-0.4, -0.2) is 44.3 Å². The van der Waals surface area contributed by atoms with E-state index in [0.717, 1.165) is 0 Å². The van der Waals surface area contributed by atoms with Crippen LogP contribution in [0.1, 0.15) is 41.5 Å². The molecule has 30 heavy (non-hydrogen) atoms. The van der Waals surface area contributed by atoms with Crippen molar-refractivity contribution in [3.8, 4) is 11.5 Å². The fourth-order valence-corrected chi connectivity index (χ4v) is 2.47. The third-order valence-electron chi connectivity index (χ3n) is 3.79. The molecule has 2 rings (SSSR count). The minimum atomic E-state index is -0.705. The highest BCUT2D eigenvalue weighted by molar-refractivity contribution is 6.01. The number of ketones is 1. The molecule has 160 valence electrons. The summed E-state index contributed by atoms with van der Waals surface area (Å²) in [6, 6.07) is 10.9. The topological polar surface area (TPSA) is 100 Å². The number of carbonyl (C=O) groups is 3. The highest BCUT2D eigenvalue weighted by Crippen LogP contribution is 2.25. The van der Waals surface area contributed by atoms with E-state index in [-0.39, 0.29) is 11.1 Å². The standard InChI is InChI=1S/C22H25NO7/c1-22(2,3)30-21(26)23-15-8-6-7-14(11-15)20(25)29-13-18(24)17-10-9-16(27-4)12-19(17)28-5/h6-12H,13H2,1-5H3,(H,23,26). The lowest BCUT2D eigenvalue weighted by molar-refractivity contribution is 0.0473. The largest absolute Gasteiger partial charge is 0.497 e. The van der Waals surface area contributed by atoms with Crippen molar-refractivity contribution in [2.45, 2.75) is 26.4 Å². The Morgan fingerprint density at radius 3 is 2.33 bits per heavy atom. The number of carbonyl (C=O) groups excluding carboxylic acids is 3. The first-order valence-corrected chi connectivity index (χ1v) is 9.15. The molecule has 8 nitrogen and oxygen atoms in total. The summed E-state index contributed by atoms with van der Waals surface area (Å²) in [5.74, 6) is -0.275. The summed E-state index contributed by atoms with van der Waals surface area (Å²) in [6.45, 7) is 4.77. The summed E-state index contributed by atoms with van der Waals surface area (Å²) in [6.07, 6.45) is -0.644. The number of esters is 1. The molecule has 0 aliphatic rings. The van der Waals surface area contributed by atoms with Gasteiger partial charge in [0.25, 0.3) is 0 Å². The number of methoxy groups -OCH3 is 2. The smallest absolute Gasteiger partial charge is 0.412 e. The number of anilines is 1. The lowest BCUT2D eigenvalue weighted by atomic mass is 10.1. The lowest BCUT2D eigenvalue weighted by Crippen LogP contribution is -2.27. The molecule has 0 atom stereocenters. The van der Waals surface area contributed by atoms with Crippen molar-refractivity contribution in [2.24, 2.45) is 0 Å². The summed E-state index contributed by atoms with van der Waals surface area (Å²) < 4.78 is 20.6. The zero-order valence-electron chi connectivity index (χ0n) is 17.6. The molecule has 0 saturated heterocycles. The predicted molar refractivity (Wildman–Crippen MR) is 110 cm³/mol. The third kappa shape index (κ3) is 6.51. The molecule has 0 radical (unpaired) electrons. The zero-order valence-corrected chi connectivity index (χ0v) is 17.6. The molecule has 2 aromatic carbocycles. The summed E-state index contributed by atoms with van der Waals surface area (Å²) >= 11 is 0. The second kappa shape index (κ2) is 9.78. The van der Waals surface area contributed by atoms with Crippen molar-refractivity contribution >= 4 is 23.5 Å². The average molecular weight is 415 g/mol. The van der Waals surface area contributed by atoms with Crippen LogP contribution in [0.15, 0.2) is 42.5 Å². The first-order chi connectivity index (χ1) is 14.1. The maximum absolute atomic E-state index is 12.4. The maximum Gasteiger partial charge on any atom is 0.412 e. The Hall–Kier alpha value is -3.55. The van der Waals surface area contributed by atoms with Crippen molar-refractivity contribution in [1.82, 2.24) is 0 Å². The van der Waals surface area contributed by atoms with Gasteiger partial charge in [0.05, 0.1) is 25.3 Å². The van der Waals surface area contributed by atoms with Gasteiger partial charge in [-0.25, -0.2) is 9.59 Å². The van der Waals surface area contributed by atoms with E-state index in [1.807, 2.05) is 0 Å². The fraction of sp³-hybridized carbons (Fsp3) is 0.318. The van der Waals surface area contributed by atoms with Crippen LogP contribution >= 0.6 is 0 Å². The monoisotopic (exact) mass is 415 g/mol. The van der Waals surface area contributed by atoms with E-state index in [9.17, 15) is 14.4 Å². The molecule has 0 aromatic heterocycles. The van der Waals surface area contributed by atoms with Gasteiger partial charge in [-0.1, -0.05) is 6.07 Å². The van der Waals surface area contributed by atoms with Crippen LogP contribution in [0.3, 0.4) is 0 Å². The number of amides is 1. The maximum atomic E-state index is 12.4. The molecule has 0 bridgehead atoms. The minimum absolute atomic E-state index is 0.179. The van der Waals surface area contributed by atoms with Crippen LogP contribution < -0.4 is 14.8 Å². The second-order valence-electron chi connectivity index (χ2n) is 7.27. The van der Waals surface area contributed by atoms with E-state index < -0.39 is 30.1 Å². The molecule has 0 aliphatic heterocycles. The molecular weight excluding hydrogens is 390 g/mol. The molecule has 1 N–H and O–H groups in total. The number of hydrogen-bond acceptors (Lipinski definition) is 7. The number of ether oxygens (including phenoxy) is 4. The number of rotatable bonds is 7. The van der Waals surface area contributed by atoms with Crippen LogP contribution in [0.2, 0.25) is 0 Å². The van der Waals surface area contributed by atoms with E-state index in [0.29, 0.717) is 17.2 Å². The van der Waals surface area contributed by atoms with Gasteiger partial charge >= 0.3 is 12.1 Å². The molecule has 0 fully saturated rings. The Bertz CT molecular complexity index is 931. The van der Waals surface area contributed by atoms with Crippen molar-refractivity contribution < 1.29 is 33.3 Å². The summed E-state index contributed by atoms with van der Waals surface area (Å²) in [5.41, 5.74) is 0.162. The molecule has 0 heterocycles. The van der Waals surface area contributed by atoms with E-state index in [2.05, 4.69) is 5.32 Å². The lowest BCUT2D eigenvalue weighted by Gasteiger charge is -2.19. The van der Waals surface area contributed by atoms with Gasteiger partial charge < -0.3 is 18.9 Å². The van der Waals surface area contributed by atoms with Gasteiger partial charge in [-0.05, 0) is 51.1 Å². The van der Waals surface area contributed by atoms with Gasteiger partial charge in [-0.3, -0.25) is 10.1 Å². The molecule has 2 aromatic rings. The highest BCUT2D eigenvalue weighted by Gasteiger charge is 2.18. The fourth-order valence-electron chi connectivity index (χ4n) is 2.47. The Balaban J connectivity index is 2.01. The van der Waals surface area contributed by atoms with Crippen LogP contribution in [-0.2, 0) is 9.47 Å². The van der Waals surface area contributed by atoms with Gasteiger partial charge in [0.15, 0.2) is 6.61 Å². The Labute approximate surface area is 175 Å². The van der Waals surface area contributed by atoms with E-state index in [4.69, 9.17) is 18.9 Å². The normalized spacial score (nSPS) is 10.7. The van der Waals surface area contributed by atoms with Crippen molar-refractivity contribution in [2.75, 3.05) is 26.1 Å². The first-order valence-electron chi connectivity index (χ1n) is 9.15. The second-order valence-corrected chi connectivity index (χ2v) is 7.27. The van der Waals surface area contributed by atoms with Gasteiger partial charge in [0, 0.05) is 11.8 Å². The van der Waals surface area contributed by atoms with Gasteiger partial charge in [-0.2, -0.15) is 0 Å². The van der Waals surface area contributed by atoms with Crippen molar-refractivity contribution in [3.05, 3.63) is 53.6 Å². The van der Waals surface area contributed by atoms with Crippen LogP contribution in [0.4, 0.5) is 10.5 Å². The van der Waals surface area contributed by atoms with Crippen molar-refractivity contribution in [3.63, 3.8) is 0 Å². The SMILES string of the molecule is COc1ccc(C(=O)COC(=O)c2cccc(NC(=O)OC(C)(C)C)c2)c(OC)c1. The Morgan fingerprint density at radius 2 is 1.70 bits per heavy atom. The van der Waals surface area contributed by atoms with Crippen LogP contribution in [0.25, 0.3) is 0 Å². The summed E-state index contributed by atoms with van der Waals surface area (Å²) in [7, 11) is 2.94. The molecule has 8 heteroatoms. The van der Waals surface area contributed by atoms with E-state index >= 15 is 0 Å². The summed E-state index contributed by atoms with van der Waals surface area (Å²) in [5, 5.41) is 2.55. The van der Waals surface area contributed by atoms with Gasteiger partial charge in [0.1, 0.15) is 17.1 Å². The van der Waals surface area contributed by atoms with Gasteiger partial charge in [-0.15, -0.1) is 0 Å². The molecule has 0 spiro atoms. The Kier molecular flexibility index (Phi) is 7.41. The van der Waals surface area contributed by atoms with Crippen LogP contribution in [0, 0.1) is 0 Å². The number of nitrogens with one attached hydrogen (secondary N) is 1. The molecule has 0 saturated carbocycles. The molecule has 0 aliphatic carbocycles. The van der Waals surface area contributed by atoms with Gasteiger partial charge in [0.2, 0.25) is 5.78 Å². The number of hydrogen-bond donors (Lipinski definition) is 1. The molecule has 0 unspecified atom stereocenters. The van der Waals surface area contributed by atoms with Crippen molar-refractivity contribution in [1.29, 1.82) is 0 Å². The van der Waals surface area contributed by atoms with E-state index in [1.54, 1.807) is 51.1 Å². The average Bonchev–Trinajstić information content (AvgIpc) is 2.69. The highest BCUT2D eigenvalue weighted by atomic mass is 16.6.